The molecule has 28 heavy (non-hydrogen) atoms. The lowest BCUT2D eigenvalue weighted by Gasteiger charge is -2.12. The summed E-state index contributed by atoms with van der Waals surface area (Å²) in [6, 6.07) is 9.66. The number of amides is 1. The number of hydrogen-bond acceptors (Lipinski definition) is 4. The summed E-state index contributed by atoms with van der Waals surface area (Å²) in [7, 11) is 1.53. The molecule has 3 rings (SSSR count). The molecule has 0 spiro atoms. The Hall–Kier alpha value is -2.93. The van der Waals surface area contributed by atoms with Gasteiger partial charge in [0.25, 0.3) is 5.91 Å². The van der Waals surface area contributed by atoms with E-state index >= 15 is 0 Å². The third-order valence-corrected chi connectivity index (χ3v) is 4.92. The summed E-state index contributed by atoms with van der Waals surface area (Å²) in [6.07, 6.45) is 2.24. The van der Waals surface area contributed by atoms with Gasteiger partial charge < -0.3 is 10.1 Å². The molecule has 0 aromatic heterocycles. The lowest BCUT2D eigenvalue weighted by molar-refractivity contribution is -0.116. The molecule has 0 heterocycles. The van der Waals surface area contributed by atoms with Crippen LogP contribution in [0.4, 0.5) is 8.78 Å². The van der Waals surface area contributed by atoms with Crippen molar-refractivity contribution in [3.8, 4) is 5.75 Å². The molecule has 1 saturated carbocycles. The maximum atomic E-state index is 13.8. The van der Waals surface area contributed by atoms with Crippen LogP contribution in [0.3, 0.4) is 0 Å². The first-order chi connectivity index (χ1) is 13.4. The number of carbonyl (C=O) groups excluding carboxylic acids is 2. The maximum absolute atomic E-state index is 13.8. The standard InChI is InChI=1S/C21H17F2NO3S/c1-27-16-7-3-12(4-8-16)20(26)24-21(28)17-9-5-14(19(17)25)10-13-2-6-15(22)11-18(13)23/h2-4,6-8,10-11,17H,5,9H2,1H3,(H,24,26,28)/b14-10+/t17-/m1/s1. The van der Waals surface area contributed by atoms with Crippen LogP contribution in [-0.2, 0) is 4.79 Å². The highest BCUT2D eigenvalue weighted by molar-refractivity contribution is 7.80. The zero-order chi connectivity index (χ0) is 20.3. The molecule has 1 N–H and O–H groups in total. The summed E-state index contributed by atoms with van der Waals surface area (Å²) in [5.74, 6) is -2.12. The number of Topliss-reactive ketones (excluding diaryl/α,β-unsaturated/α-hetero) is 1. The summed E-state index contributed by atoms with van der Waals surface area (Å²) in [6.45, 7) is 0. The van der Waals surface area contributed by atoms with Crippen molar-refractivity contribution in [1.29, 1.82) is 0 Å². The smallest absolute Gasteiger partial charge is 0.256 e. The summed E-state index contributed by atoms with van der Waals surface area (Å²) in [5.41, 5.74) is 0.924. The number of ether oxygens (including phenoxy) is 1. The zero-order valence-electron chi connectivity index (χ0n) is 15.0. The number of halogens is 2. The number of allylic oxidation sites excluding steroid dienone is 1. The molecule has 1 atom stereocenters. The normalized spacial score (nSPS) is 17.6. The van der Waals surface area contributed by atoms with Gasteiger partial charge in [0.05, 0.1) is 18.0 Å². The average Bonchev–Trinajstić information content (AvgIpc) is 3.04. The van der Waals surface area contributed by atoms with Gasteiger partial charge >= 0.3 is 0 Å². The second-order valence-corrected chi connectivity index (χ2v) is 6.78. The Kier molecular flexibility index (Phi) is 5.94. The topological polar surface area (TPSA) is 55.4 Å². The first kappa shape index (κ1) is 19.8. The number of hydrogen-bond donors (Lipinski definition) is 1. The van der Waals surface area contributed by atoms with Crippen LogP contribution in [-0.4, -0.2) is 23.8 Å². The molecular weight excluding hydrogens is 384 g/mol. The summed E-state index contributed by atoms with van der Waals surface area (Å²) in [4.78, 5) is 25.1. The van der Waals surface area contributed by atoms with Gasteiger partial charge in [-0.3, -0.25) is 9.59 Å². The Bertz CT molecular complexity index is 970. The average molecular weight is 401 g/mol. The van der Waals surface area contributed by atoms with Crippen LogP contribution in [0, 0.1) is 17.6 Å². The van der Waals surface area contributed by atoms with E-state index in [9.17, 15) is 18.4 Å². The van der Waals surface area contributed by atoms with E-state index in [2.05, 4.69) is 5.32 Å². The van der Waals surface area contributed by atoms with Gasteiger partial charge in [-0.25, -0.2) is 8.78 Å². The van der Waals surface area contributed by atoms with E-state index in [1.54, 1.807) is 24.3 Å². The van der Waals surface area contributed by atoms with Crippen molar-refractivity contribution in [2.24, 2.45) is 5.92 Å². The minimum atomic E-state index is -0.737. The van der Waals surface area contributed by atoms with Crippen molar-refractivity contribution < 1.29 is 23.1 Å². The van der Waals surface area contributed by atoms with E-state index in [1.807, 2.05) is 0 Å². The summed E-state index contributed by atoms with van der Waals surface area (Å²) in [5, 5.41) is 2.59. The molecule has 1 amide bonds. The molecule has 0 unspecified atom stereocenters. The van der Waals surface area contributed by atoms with Gasteiger partial charge in [0.15, 0.2) is 5.78 Å². The Morgan fingerprint density at radius 3 is 2.57 bits per heavy atom. The van der Waals surface area contributed by atoms with Crippen molar-refractivity contribution in [3.05, 3.63) is 70.8 Å². The van der Waals surface area contributed by atoms with Crippen LogP contribution in [0.25, 0.3) is 6.08 Å². The van der Waals surface area contributed by atoms with Crippen LogP contribution < -0.4 is 10.1 Å². The van der Waals surface area contributed by atoms with E-state index < -0.39 is 23.5 Å². The second-order valence-electron chi connectivity index (χ2n) is 6.34. The number of ketones is 1. The number of benzene rings is 2. The van der Waals surface area contributed by atoms with Crippen molar-refractivity contribution >= 4 is 35.0 Å². The predicted molar refractivity (Wildman–Crippen MR) is 105 cm³/mol. The molecule has 0 radical (unpaired) electrons. The monoisotopic (exact) mass is 401 g/mol. The number of nitrogens with one attached hydrogen (secondary N) is 1. The fraction of sp³-hybridized carbons (Fsp3) is 0.190. The van der Waals surface area contributed by atoms with Gasteiger partial charge in [-0.15, -0.1) is 0 Å². The Balaban J connectivity index is 1.68. The summed E-state index contributed by atoms with van der Waals surface area (Å²) < 4.78 is 31.9. The molecule has 0 bridgehead atoms. The number of rotatable bonds is 4. The lowest BCUT2D eigenvalue weighted by Crippen LogP contribution is -2.36. The molecule has 2 aromatic rings. The van der Waals surface area contributed by atoms with Crippen LogP contribution in [0.15, 0.2) is 48.0 Å². The highest BCUT2D eigenvalue weighted by atomic mass is 32.1. The Labute approximate surface area is 166 Å². The molecule has 1 aliphatic rings. The Morgan fingerprint density at radius 1 is 1.21 bits per heavy atom. The second kappa shape index (κ2) is 8.39. The van der Waals surface area contributed by atoms with Crippen molar-refractivity contribution in [1.82, 2.24) is 5.32 Å². The van der Waals surface area contributed by atoms with Gasteiger partial charge in [-0.05, 0) is 60.9 Å². The molecular formula is C21H17F2NO3S. The quantitative estimate of drug-likeness (QED) is 0.619. The van der Waals surface area contributed by atoms with E-state index in [-0.39, 0.29) is 16.3 Å². The number of thiocarbonyl (C=S) groups is 1. The summed E-state index contributed by atoms with van der Waals surface area (Å²) >= 11 is 5.25. The first-order valence-corrected chi connectivity index (χ1v) is 8.99. The fourth-order valence-corrected chi connectivity index (χ4v) is 3.31. The van der Waals surface area contributed by atoms with Crippen LogP contribution in [0.2, 0.25) is 0 Å². The molecule has 0 aliphatic heterocycles. The molecule has 2 aromatic carbocycles. The highest BCUT2D eigenvalue weighted by Gasteiger charge is 2.33. The van der Waals surface area contributed by atoms with E-state index in [0.29, 0.717) is 29.7 Å². The third-order valence-electron chi connectivity index (χ3n) is 4.53. The molecule has 4 nitrogen and oxygen atoms in total. The number of carbonyl (C=O) groups is 2. The SMILES string of the molecule is COc1ccc(C(=O)NC(=S)[C@@H]2CC/C(=C\c3ccc(F)cc3F)C2=O)cc1. The fourth-order valence-electron chi connectivity index (χ4n) is 2.99. The first-order valence-electron chi connectivity index (χ1n) is 8.58. The highest BCUT2D eigenvalue weighted by Crippen LogP contribution is 2.30. The van der Waals surface area contributed by atoms with Gasteiger partial charge in [-0.2, -0.15) is 0 Å². The van der Waals surface area contributed by atoms with Crippen molar-refractivity contribution in [3.63, 3.8) is 0 Å². The molecule has 144 valence electrons. The van der Waals surface area contributed by atoms with Gasteiger partial charge in [0, 0.05) is 17.2 Å². The predicted octanol–water partition coefficient (Wildman–Crippen LogP) is 4.09. The minimum Gasteiger partial charge on any atom is -0.497 e. The zero-order valence-corrected chi connectivity index (χ0v) is 15.8. The number of methoxy groups -OCH3 is 1. The largest absolute Gasteiger partial charge is 0.497 e. The molecule has 7 heteroatoms. The molecule has 0 saturated heterocycles. The third kappa shape index (κ3) is 4.31. The van der Waals surface area contributed by atoms with Crippen molar-refractivity contribution in [2.75, 3.05) is 7.11 Å². The molecule has 1 fully saturated rings. The van der Waals surface area contributed by atoms with Crippen LogP contribution in [0.5, 0.6) is 5.75 Å². The minimum absolute atomic E-state index is 0.133. The van der Waals surface area contributed by atoms with E-state index in [4.69, 9.17) is 17.0 Å². The van der Waals surface area contributed by atoms with Gasteiger partial charge in [0.2, 0.25) is 0 Å². The Morgan fingerprint density at radius 2 is 1.93 bits per heavy atom. The maximum Gasteiger partial charge on any atom is 0.256 e. The van der Waals surface area contributed by atoms with Crippen LogP contribution in [0.1, 0.15) is 28.8 Å². The molecule has 1 aliphatic carbocycles. The lowest BCUT2D eigenvalue weighted by atomic mass is 10.0. The van der Waals surface area contributed by atoms with Crippen LogP contribution >= 0.6 is 12.2 Å². The van der Waals surface area contributed by atoms with Gasteiger partial charge in [-0.1, -0.05) is 12.2 Å². The van der Waals surface area contributed by atoms with E-state index in [1.165, 1.54) is 19.3 Å². The van der Waals surface area contributed by atoms with E-state index in [0.717, 1.165) is 12.1 Å². The van der Waals surface area contributed by atoms with Crippen molar-refractivity contribution in [2.45, 2.75) is 12.8 Å². The van der Waals surface area contributed by atoms with Gasteiger partial charge in [0.1, 0.15) is 17.4 Å².